The predicted octanol–water partition coefficient (Wildman–Crippen LogP) is 0.252. The summed E-state index contributed by atoms with van der Waals surface area (Å²) in [6.45, 7) is 3.71. The van der Waals surface area contributed by atoms with Crippen LogP contribution < -0.4 is 11.1 Å². The van der Waals surface area contributed by atoms with Crippen LogP contribution in [0.2, 0.25) is 0 Å². The van der Waals surface area contributed by atoms with E-state index in [1.807, 2.05) is 0 Å². The van der Waals surface area contributed by atoms with E-state index in [-0.39, 0.29) is 12.2 Å². The minimum Gasteiger partial charge on any atom is -0.508 e. The number of benzene rings is 1. The van der Waals surface area contributed by atoms with Gasteiger partial charge in [-0.2, -0.15) is 0 Å². The number of aromatic hydroxyl groups is 1. The number of carbonyl (C=O) groups excluding carboxylic acids is 4. The van der Waals surface area contributed by atoms with Gasteiger partial charge >= 0.3 is 6.09 Å². The van der Waals surface area contributed by atoms with Gasteiger partial charge < -0.3 is 20.9 Å². The van der Waals surface area contributed by atoms with Crippen LogP contribution in [0.1, 0.15) is 26.3 Å². The SMILES string of the molecule is CC(C)(C)OC(=O)N(C[C]=O)C(=O)CNC(=O)[C@@H](N)Cc1ccc(O)cc1. The minimum atomic E-state index is -1.00. The molecule has 1 radical (unpaired) electrons. The second-order valence-corrected chi connectivity index (χ2v) is 6.80. The molecular weight excluding hydrogens is 354 g/mol. The van der Waals surface area contributed by atoms with Crippen LogP contribution in [0.25, 0.3) is 0 Å². The normalized spacial score (nSPS) is 12.0. The molecule has 9 heteroatoms. The van der Waals surface area contributed by atoms with Gasteiger partial charge in [-0.05, 0) is 44.9 Å². The van der Waals surface area contributed by atoms with Crippen molar-refractivity contribution in [3.05, 3.63) is 29.8 Å². The number of nitrogens with zero attached hydrogens (tertiary/aromatic N) is 1. The molecular formula is C18H24N3O6. The van der Waals surface area contributed by atoms with Crippen molar-refractivity contribution in [3.63, 3.8) is 0 Å². The number of phenolic OH excluding ortho intramolecular Hbond substituents is 1. The Morgan fingerprint density at radius 1 is 1.26 bits per heavy atom. The lowest BCUT2D eigenvalue weighted by Gasteiger charge is -2.25. The second kappa shape index (κ2) is 9.67. The number of hydrogen-bond donors (Lipinski definition) is 3. The van der Waals surface area contributed by atoms with Crippen LogP contribution >= 0.6 is 0 Å². The summed E-state index contributed by atoms with van der Waals surface area (Å²) in [6, 6.07) is 5.25. The van der Waals surface area contributed by atoms with Gasteiger partial charge in [-0.1, -0.05) is 12.1 Å². The fourth-order valence-corrected chi connectivity index (χ4v) is 2.00. The molecule has 0 fully saturated rings. The molecule has 0 aromatic heterocycles. The molecule has 0 aliphatic carbocycles. The maximum atomic E-state index is 12.1. The topological polar surface area (TPSA) is 139 Å². The number of hydrogen-bond acceptors (Lipinski definition) is 7. The number of nitrogens with one attached hydrogen (secondary N) is 1. The van der Waals surface area contributed by atoms with E-state index < -0.39 is 42.6 Å². The number of imide groups is 1. The first kappa shape index (κ1) is 22.1. The van der Waals surface area contributed by atoms with E-state index in [0.29, 0.717) is 4.90 Å². The van der Waals surface area contributed by atoms with E-state index in [9.17, 15) is 24.3 Å². The van der Waals surface area contributed by atoms with Crippen LogP contribution in [-0.4, -0.2) is 58.9 Å². The monoisotopic (exact) mass is 378 g/mol. The van der Waals surface area contributed by atoms with Crippen LogP contribution in [0.3, 0.4) is 0 Å². The van der Waals surface area contributed by atoms with Crippen molar-refractivity contribution in [3.8, 4) is 5.75 Å². The fraction of sp³-hybridized carbons (Fsp3) is 0.444. The average molecular weight is 378 g/mol. The lowest BCUT2D eigenvalue weighted by Crippen LogP contribution is -2.49. The third-order valence-electron chi connectivity index (χ3n) is 3.28. The van der Waals surface area contributed by atoms with Crippen LogP contribution in [0.4, 0.5) is 4.79 Å². The number of amides is 3. The van der Waals surface area contributed by atoms with Gasteiger partial charge in [0.05, 0.1) is 19.1 Å². The third-order valence-corrected chi connectivity index (χ3v) is 3.28. The lowest BCUT2D eigenvalue weighted by molar-refractivity contribution is -0.132. The van der Waals surface area contributed by atoms with Crippen molar-refractivity contribution in [2.75, 3.05) is 13.1 Å². The minimum absolute atomic E-state index is 0.0941. The molecule has 0 spiro atoms. The maximum absolute atomic E-state index is 12.1. The van der Waals surface area contributed by atoms with Crippen molar-refractivity contribution in [2.24, 2.45) is 5.73 Å². The zero-order valence-corrected chi connectivity index (χ0v) is 15.5. The number of carbonyl (C=O) groups is 3. The first-order valence-corrected chi connectivity index (χ1v) is 8.23. The fourth-order valence-electron chi connectivity index (χ4n) is 2.00. The van der Waals surface area contributed by atoms with Crippen molar-refractivity contribution >= 4 is 24.2 Å². The van der Waals surface area contributed by atoms with Crippen LogP contribution in [0.15, 0.2) is 24.3 Å². The second-order valence-electron chi connectivity index (χ2n) is 6.80. The van der Waals surface area contributed by atoms with Crippen LogP contribution in [0.5, 0.6) is 5.75 Å². The maximum Gasteiger partial charge on any atom is 0.417 e. The quantitative estimate of drug-likeness (QED) is 0.618. The molecule has 0 saturated heterocycles. The molecule has 147 valence electrons. The van der Waals surface area contributed by atoms with Gasteiger partial charge in [-0.25, -0.2) is 9.69 Å². The molecule has 0 bridgehead atoms. The van der Waals surface area contributed by atoms with Crippen molar-refractivity contribution in [1.29, 1.82) is 0 Å². The smallest absolute Gasteiger partial charge is 0.417 e. The summed E-state index contributed by atoms with van der Waals surface area (Å²) < 4.78 is 5.05. The van der Waals surface area contributed by atoms with E-state index in [2.05, 4.69) is 5.32 Å². The molecule has 1 rings (SSSR count). The Morgan fingerprint density at radius 3 is 2.37 bits per heavy atom. The number of phenols is 1. The standard InChI is InChI=1S/C18H24N3O6/c1-18(2,3)27-17(26)21(8-9-22)15(24)11-20-16(25)14(19)10-12-4-6-13(23)7-5-12/h4-7,14,23H,8,10-11,19H2,1-3H3,(H,20,25)/t14-/m0/s1. The predicted molar refractivity (Wildman–Crippen MR) is 96.4 cm³/mol. The Labute approximate surface area is 157 Å². The zero-order valence-electron chi connectivity index (χ0n) is 15.5. The molecule has 0 unspecified atom stereocenters. The van der Waals surface area contributed by atoms with E-state index in [1.54, 1.807) is 32.9 Å². The zero-order chi connectivity index (χ0) is 20.6. The lowest BCUT2D eigenvalue weighted by atomic mass is 10.1. The Kier molecular flexibility index (Phi) is 7.92. The molecule has 0 aliphatic rings. The molecule has 0 aliphatic heterocycles. The summed E-state index contributed by atoms with van der Waals surface area (Å²) in [6.07, 6.45) is 0.651. The molecule has 1 atom stereocenters. The highest BCUT2D eigenvalue weighted by atomic mass is 16.6. The van der Waals surface area contributed by atoms with Crippen molar-refractivity contribution in [1.82, 2.24) is 10.2 Å². The van der Waals surface area contributed by atoms with E-state index in [1.165, 1.54) is 18.4 Å². The molecule has 1 aromatic rings. The highest BCUT2D eigenvalue weighted by Gasteiger charge is 2.27. The molecule has 9 nitrogen and oxygen atoms in total. The van der Waals surface area contributed by atoms with Gasteiger partial charge in [0.15, 0.2) is 0 Å². The van der Waals surface area contributed by atoms with Crippen molar-refractivity contribution < 1.29 is 29.0 Å². The Hall–Kier alpha value is -2.94. The van der Waals surface area contributed by atoms with Gasteiger partial charge in [-0.3, -0.25) is 14.4 Å². The summed E-state index contributed by atoms with van der Waals surface area (Å²) in [4.78, 5) is 47.3. The van der Waals surface area contributed by atoms with Gasteiger partial charge in [0, 0.05) is 0 Å². The van der Waals surface area contributed by atoms with Crippen LogP contribution in [0, 0.1) is 0 Å². The summed E-state index contributed by atoms with van der Waals surface area (Å²) >= 11 is 0. The molecule has 1 aromatic carbocycles. The molecule has 27 heavy (non-hydrogen) atoms. The van der Waals surface area contributed by atoms with E-state index >= 15 is 0 Å². The summed E-state index contributed by atoms with van der Waals surface area (Å²) in [5, 5.41) is 11.6. The third kappa shape index (κ3) is 7.87. The first-order valence-electron chi connectivity index (χ1n) is 8.23. The summed E-state index contributed by atoms with van der Waals surface area (Å²) in [5.74, 6) is -1.33. The van der Waals surface area contributed by atoms with Gasteiger partial charge in [0.25, 0.3) is 5.91 Å². The Bertz CT molecular complexity index is 681. The highest BCUT2D eigenvalue weighted by molar-refractivity contribution is 5.96. The summed E-state index contributed by atoms with van der Waals surface area (Å²) in [7, 11) is 0. The Balaban J connectivity index is 2.60. The number of rotatable bonds is 7. The van der Waals surface area contributed by atoms with Crippen LogP contribution in [-0.2, 0) is 25.5 Å². The average Bonchev–Trinajstić information content (AvgIpc) is 2.57. The van der Waals surface area contributed by atoms with Gasteiger partial charge in [0.2, 0.25) is 12.2 Å². The number of nitrogens with two attached hydrogens (primary N) is 1. The first-order chi connectivity index (χ1) is 12.5. The van der Waals surface area contributed by atoms with Gasteiger partial charge in [0.1, 0.15) is 11.4 Å². The molecule has 3 amide bonds. The number of ether oxygens (including phenoxy) is 1. The largest absolute Gasteiger partial charge is 0.508 e. The Morgan fingerprint density at radius 2 is 1.85 bits per heavy atom. The van der Waals surface area contributed by atoms with E-state index in [4.69, 9.17) is 10.5 Å². The molecule has 4 N–H and O–H groups in total. The van der Waals surface area contributed by atoms with E-state index in [0.717, 1.165) is 5.56 Å². The molecule has 0 heterocycles. The summed E-state index contributed by atoms with van der Waals surface area (Å²) in [5.41, 5.74) is 5.67. The van der Waals surface area contributed by atoms with Crippen molar-refractivity contribution in [2.45, 2.75) is 38.8 Å². The van der Waals surface area contributed by atoms with Gasteiger partial charge in [-0.15, -0.1) is 0 Å². The highest BCUT2D eigenvalue weighted by Crippen LogP contribution is 2.11. The molecule has 0 saturated carbocycles.